The van der Waals surface area contributed by atoms with Gasteiger partial charge in [-0.2, -0.15) is 5.10 Å². The minimum Gasteiger partial charge on any atom is -0.267 e. The van der Waals surface area contributed by atoms with Crippen molar-refractivity contribution in [2.75, 3.05) is 0 Å². The van der Waals surface area contributed by atoms with E-state index in [-0.39, 0.29) is 11.3 Å². The molecule has 6 nitrogen and oxygen atoms in total. The molecule has 0 unspecified atom stereocenters. The first-order valence-electron chi connectivity index (χ1n) is 7.99. The van der Waals surface area contributed by atoms with Gasteiger partial charge in [0.05, 0.1) is 4.92 Å². The van der Waals surface area contributed by atoms with Crippen LogP contribution < -0.4 is 5.43 Å². The fraction of sp³-hybridized carbons (Fsp3) is 0.529. The fourth-order valence-corrected chi connectivity index (χ4v) is 3.04. The first-order chi connectivity index (χ1) is 10.9. The van der Waals surface area contributed by atoms with E-state index in [2.05, 4.69) is 31.3 Å². The molecule has 0 bridgehead atoms. The van der Waals surface area contributed by atoms with Gasteiger partial charge in [-0.3, -0.25) is 14.9 Å². The second-order valence-electron chi connectivity index (χ2n) is 6.59. The van der Waals surface area contributed by atoms with E-state index in [1.54, 1.807) is 6.07 Å². The Bertz CT molecular complexity index is 625. The number of hydrogen-bond donors (Lipinski definition) is 1. The monoisotopic (exact) mass is 317 g/mol. The summed E-state index contributed by atoms with van der Waals surface area (Å²) in [5, 5.41) is 15.1. The SMILES string of the molecule is CC(C)[C@H]1CC[C@@H](C)C/C1=N/NC(=O)c1cccc([N+](=O)[O-])c1. The molecule has 1 aliphatic carbocycles. The van der Waals surface area contributed by atoms with Crippen molar-refractivity contribution in [1.29, 1.82) is 0 Å². The number of nitro groups is 1. The normalized spacial score (nSPS) is 23.0. The first kappa shape index (κ1) is 17.1. The van der Waals surface area contributed by atoms with Crippen molar-refractivity contribution in [3.63, 3.8) is 0 Å². The lowest BCUT2D eigenvalue weighted by Gasteiger charge is -2.30. The molecule has 0 spiro atoms. The van der Waals surface area contributed by atoms with Crippen LogP contribution in [-0.4, -0.2) is 16.5 Å². The van der Waals surface area contributed by atoms with E-state index in [9.17, 15) is 14.9 Å². The van der Waals surface area contributed by atoms with Crippen molar-refractivity contribution in [1.82, 2.24) is 5.43 Å². The average Bonchev–Trinajstić information content (AvgIpc) is 2.52. The Kier molecular flexibility index (Phi) is 5.47. The lowest BCUT2D eigenvalue weighted by atomic mass is 9.76. The van der Waals surface area contributed by atoms with E-state index in [0.29, 0.717) is 17.8 Å². The highest BCUT2D eigenvalue weighted by atomic mass is 16.6. The van der Waals surface area contributed by atoms with E-state index in [0.717, 1.165) is 18.6 Å². The summed E-state index contributed by atoms with van der Waals surface area (Å²) in [5.74, 6) is 1.02. The molecule has 1 aromatic rings. The smallest absolute Gasteiger partial charge is 0.267 e. The number of hydrogen-bond acceptors (Lipinski definition) is 4. The Morgan fingerprint density at radius 2 is 2.13 bits per heavy atom. The minimum absolute atomic E-state index is 0.100. The Labute approximate surface area is 136 Å². The molecule has 2 atom stereocenters. The highest BCUT2D eigenvalue weighted by Gasteiger charge is 2.27. The van der Waals surface area contributed by atoms with Gasteiger partial charge in [-0.15, -0.1) is 0 Å². The van der Waals surface area contributed by atoms with E-state index in [4.69, 9.17) is 0 Å². The molecule has 1 fully saturated rings. The standard InChI is InChI=1S/C17H23N3O3/c1-11(2)15-8-7-12(3)9-16(15)18-19-17(21)13-5-4-6-14(10-13)20(22)23/h4-6,10-12,15H,7-9H2,1-3H3,(H,19,21)/b18-16-/t12-,15-/m1/s1. The Morgan fingerprint density at radius 3 is 2.78 bits per heavy atom. The van der Waals surface area contributed by atoms with Crippen LogP contribution >= 0.6 is 0 Å². The van der Waals surface area contributed by atoms with Crippen molar-refractivity contribution < 1.29 is 9.72 Å². The zero-order valence-electron chi connectivity index (χ0n) is 13.8. The van der Waals surface area contributed by atoms with Crippen LogP contribution in [0.25, 0.3) is 0 Å². The topological polar surface area (TPSA) is 84.6 Å². The van der Waals surface area contributed by atoms with Crippen molar-refractivity contribution in [2.45, 2.75) is 40.0 Å². The van der Waals surface area contributed by atoms with Gasteiger partial charge in [0.2, 0.25) is 0 Å². The van der Waals surface area contributed by atoms with Crippen LogP contribution in [0.1, 0.15) is 50.4 Å². The molecule has 1 amide bonds. The third-order valence-corrected chi connectivity index (χ3v) is 4.38. The highest BCUT2D eigenvalue weighted by molar-refractivity contribution is 5.96. The number of nitrogens with one attached hydrogen (secondary N) is 1. The van der Waals surface area contributed by atoms with Crippen LogP contribution in [0.3, 0.4) is 0 Å². The largest absolute Gasteiger partial charge is 0.271 e. The third-order valence-electron chi connectivity index (χ3n) is 4.38. The number of rotatable bonds is 4. The van der Waals surface area contributed by atoms with Crippen LogP contribution in [0, 0.1) is 27.9 Å². The second-order valence-corrected chi connectivity index (χ2v) is 6.59. The number of carbonyl (C=O) groups excluding carboxylic acids is 1. The summed E-state index contributed by atoms with van der Waals surface area (Å²) in [6.07, 6.45) is 3.16. The summed E-state index contributed by atoms with van der Waals surface area (Å²) >= 11 is 0. The molecular formula is C17H23N3O3. The molecular weight excluding hydrogens is 294 g/mol. The van der Waals surface area contributed by atoms with Crippen molar-refractivity contribution in [3.05, 3.63) is 39.9 Å². The number of hydrazone groups is 1. The minimum atomic E-state index is -0.514. The van der Waals surface area contributed by atoms with Gasteiger partial charge in [0, 0.05) is 29.3 Å². The lowest BCUT2D eigenvalue weighted by Crippen LogP contribution is -2.31. The second kappa shape index (κ2) is 7.35. The molecule has 23 heavy (non-hydrogen) atoms. The summed E-state index contributed by atoms with van der Waals surface area (Å²) in [5.41, 5.74) is 3.74. The Balaban J connectivity index is 2.12. The fourth-order valence-electron chi connectivity index (χ4n) is 3.04. The lowest BCUT2D eigenvalue weighted by molar-refractivity contribution is -0.384. The van der Waals surface area contributed by atoms with E-state index in [1.807, 2.05) is 0 Å². The van der Waals surface area contributed by atoms with Gasteiger partial charge in [0.1, 0.15) is 0 Å². The van der Waals surface area contributed by atoms with Gasteiger partial charge >= 0.3 is 0 Å². The van der Waals surface area contributed by atoms with Gasteiger partial charge in [-0.05, 0) is 37.2 Å². The number of carbonyl (C=O) groups is 1. The number of nitro benzene ring substituents is 1. The molecule has 1 aromatic carbocycles. The first-order valence-corrected chi connectivity index (χ1v) is 7.99. The molecule has 1 aliphatic rings. The summed E-state index contributed by atoms with van der Waals surface area (Å²) in [7, 11) is 0. The zero-order valence-corrected chi connectivity index (χ0v) is 13.8. The molecule has 2 rings (SSSR count). The quantitative estimate of drug-likeness (QED) is 0.677. The van der Waals surface area contributed by atoms with Gasteiger partial charge in [0.15, 0.2) is 0 Å². The van der Waals surface area contributed by atoms with Crippen LogP contribution in [0.5, 0.6) is 0 Å². The van der Waals surface area contributed by atoms with Crippen molar-refractivity contribution in [3.8, 4) is 0 Å². The third kappa shape index (κ3) is 4.37. The molecule has 0 radical (unpaired) electrons. The maximum atomic E-state index is 12.2. The highest BCUT2D eigenvalue weighted by Crippen LogP contribution is 2.31. The Morgan fingerprint density at radius 1 is 1.39 bits per heavy atom. The van der Waals surface area contributed by atoms with E-state index >= 15 is 0 Å². The molecule has 0 aliphatic heterocycles. The van der Waals surface area contributed by atoms with E-state index < -0.39 is 10.8 Å². The summed E-state index contributed by atoms with van der Waals surface area (Å²) in [6.45, 7) is 6.52. The zero-order chi connectivity index (χ0) is 17.0. The summed E-state index contributed by atoms with van der Waals surface area (Å²) < 4.78 is 0. The van der Waals surface area contributed by atoms with Crippen LogP contribution in [0.4, 0.5) is 5.69 Å². The van der Waals surface area contributed by atoms with Crippen LogP contribution in [-0.2, 0) is 0 Å². The van der Waals surface area contributed by atoms with Gasteiger partial charge in [-0.1, -0.05) is 26.8 Å². The van der Waals surface area contributed by atoms with Crippen LogP contribution in [0.2, 0.25) is 0 Å². The van der Waals surface area contributed by atoms with Gasteiger partial charge < -0.3 is 0 Å². The van der Waals surface area contributed by atoms with Crippen molar-refractivity contribution in [2.24, 2.45) is 22.9 Å². The predicted octanol–water partition coefficient (Wildman–Crippen LogP) is 3.77. The maximum Gasteiger partial charge on any atom is 0.271 e. The average molecular weight is 317 g/mol. The maximum absolute atomic E-state index is 12.2. The molecule has 1 N–H and O–H groups in total. The number of benzene rings is 1. The molecule has 124 valence electrons. The van der Waals surface area contributed by atoms with Gasteiger partial charge in [-0.25, -0.2) is 5.43 Å². The molecule has 0 heterocycles. The Hall–Kier alpha value is -2.24. The number of nitrogens with zero attached hydrogens (tertiary/aromatic N) is 2. The number of amides is 1. The van der Waals surface area contributed by atoms with E-state index in [1.165, 1.54) is 24.6 Å². The van der Waals surface area contributed by atoms with Crippen molar-refractivity contribution >= 4 is 17.3 Å². The number of non-ortho nitro benzene ring substituents is 1. The van der Waals surface area contributed by atoms with Gasteiger partial charge in [0.25, 0.3) is 11.6 Å². The molecule has 6 heteroatoms. The molecule has 0 saturated heterocycles. The summed E-state index contributed by atoms with van der Waals surface area (Å²) in [6, 6.07) is 5.67. The predicted molar refractivity (Wildman–Crippen MR) is 89.3 cm³/mol. The molecule has 1 saturated carbocycles. The summed E-state index contributed by atoms with van der Waals surface area (Å²) in [4.78, 5) is 22.4. The molecule has 0 aromatic heterocycles. The van der Waals surface area contributed by atoms with Crippen LogP contribution in [0.15, 0.2) is 29.4 Å².